The molecule has 0 spiro atoms. The molecule has 21 heavy (non-hydrogen) atoms. The fourth-order valence-electron chi connectivity index (χ4n) is 2.80. The molecule has 0 saturated heterocycles. The minimum Gasteiger partial charge on any atom is -0.476 e. The van der Waals surface area contributed by atoms with Crippen LogP contribution in [0.1, 0.15) is 41.0 Å². The molecule has 1 aromatic heterocycles. The van der Waals surface area contributed by atoms with Crippen molar-refractivity contribution in [3.05, 3.63) is 46.8 Å². The molecule has 1 aliphatic carbocycles. The van der Waals surface area contributed by atoms with Crippen LogP contribution < -0.4 is 0 Å². The predicted molar refractivity (Wildman–Crippen MR) is 71.7 cm³/mol. The maximum atomic E-state index is 14.0. The zero-order valence-electron chi connectivity index (χ0n) is 11.3. The number of aromatic nitrogens is 2. The third-order valence-corrected chi connectivity index (χ3v) is 3.77. The van der Waals surface area contributed by atoms with Gasteiger partial charge in [0.25, 0.3) is 0 Å². The zero-order chi connectivity index (χ0) is 15.0. The van der Waals surface area contributed by atoms with Gasteiger partial charge in [-0.3, -0.25) is 0 Å². The summed E-state index contributed by atoms with van der Waals surface area (Å²) in [7, 11) is 0. The van der Waals surface area contributed by atoms with Gasteiger partial charge in [0.1, 0.15) is 11.5 Å². The quantitative estimate of drug-likeness (QED) is 0.865. The van der Waals surface area contributed by atoms with Crippen molar-refractivity contribution in [1.29, 1.82) is 0 Å². The molecular formula is C15H14F2N2O2. The van der Waals surface area contributed by atoms with Crippen molar-refractivity contribution in [3.63, 3.8) is 0 Å². The lowest BCUT2D eigenvalue weighted by atomic mass is 10.1. The van der Waals surface area contributed by atoms with E-state index < -0.39 is 17.6 Å². The normalized spacial score (nSPS) is 14.6. The van der Waals surface area contributed by atoms with Crippen molar-refractivity contribution < 1.29 is 18.7 Å². The van der Waals surface area contributed by atoms with Crippen molar-refractivity contribution in [2.45, 2.75) is 32.1 Å². The molecule has 0 fully saturated rings. The summed E-state index contributed by atoms with van der Waals surface area (Å²) in [5.41, 5.74) is 1.44. The Kier molecular flexibility index (Phi) is 3.45. The Bertz CT molecular complexity index is 710. The van der Waals surface area contributed by atoms with Crippen LogP contribution in [0.2, 0.25) is 0 Å². The minimum atomic E-state index is -1.12. The number of rotatable bonds is 2. The largest absolute Gasteiger partial charge is 0.476 e. The summed E-state index contributed by atoms with van der Waals surface area (Å²) in [6, 6.07) is 3.21. The van der Waals surface area contributed by atoms with Crippen LogP contribution >= 0.6 is 0 Å². The summed E-state index contributed by atoms with van der Waals surface area (Å²) in [5, 5.41) is 13.3. The summed E-state index contributed by atoms with van der Waals surface area (Å²) in [4.78, 5) is 11.3. The highest BCUT2D eigenvalue weighted by atomic mass is 19.1. The lowest BCUT2D eigenvalue weighted by Gasteiger charge is -2.08. The lowest BCUT2D eigenvalue weighted by molar-refractivity contribution is 0.0688. The van der Waals surface area contributed by atoms with Crippen LogP contribution in [0.3, 0.4) is 0 Å². The molecule has 0 unspecified atom stereocenters. The highest BCUT2D eigenvalue weighted by Crippen LogP contribution is 2.27. The molecule has 6 heteroatoms. The Balaban J connectivity index is 2.20. The topological polar surface area (TPSA) is 55.1 Å². The van der Waals surface area contributed by atoms with Gasteiger partial charge >= 0.3 is 5.97 Å². The molecule has 2 aromatic rings. The number of hydrogen-bond donors (Lipinski definition) is 1. The van der Waals surface area contributed by atoms with Crippen LogP contribution in [0.4, 0.5) is 8.78 Å². The molecule has 3 rings (SSSR count). The second-order valence-corrected chi connectivity index (χ2v) is 5.15. The predicted octanol–water partition coefficient (Wildman–Crippen LogP) is 3.12. The first-order chi connectivity index (χ1) is 10.1. The molecule has 0 atom stereocenters. The molecule has 0 bridgehead atoms. The van der Waals surface area contributed by atoms with Gasteiger partial charge in [0.05, 0.1) is 0 Å². The molecular weight excluding hydrogens is 278 g/mol. The molecule has 1 aliphatic rings. The Morgan fingerprint density at radius 3 is 2.67 bits per heavy atom. The summed E-state index contributed by atoms with van der Waals surface area (Å²) in [6.45, 7) is 0. The van der Waals surface area contributed by atoms with Gasteiger partial charge in [0.2, 0.25) is 0 Å². The number of halogens is 2. The number of aromatic carboxylic acids is 1. The van der Waals surface area contributed by atoms with E-state index in [1.165, 1.54) is 10.7 Å². The van der Waals surface area contributed by atoms with Gasteiger partial charge in [-0.05, 0) is 37.8 Å². The maximum Gasteiger partial charge on any atom is 0.356 e. The van der Waals surface area contributed by atoms with Gasteiger partial charge in [-0.2, -0.15) is 5.10 Å². The number of benzene rings is 1. The average molecular weight is 292 g/mol. The Morgan fingerprint density at radius 1 is 1.19 bits per heavy atom. The van der Waals surface area contributed by atoms with Gasteiger partial charge in [0, 0.05) is 17.3 Å². The fourth-order valence-corrected chi connectivity index (χ4v) is 2.80. The summed E-state index contributed by atoms with van der Waals surface area (Å²) in [5.74, 6) is -2.54. The summed E-state index contributed by atoms with van der Waals surface area (Å²) < 4.78 is 28.3. The van der Waals surface area contributed by atoms with Crippen molar-refractivity contribution >= 4 is 5.97 Å². The van der Waals surface area contributed by atoms with E-state index in [0.717, 1.165) is 37.1 Å². The van der Waals surface area contributed by atoms with Gasteiger partial charge in [-0.25, -0.2) is 18.3 Å². The first-order valence-corrected chi connectivity index (χ1v) is 6.87. The highest BCUT2D eigenvalue weighted by Gasteiger charge is 2.25. The van der Waals surface area contributed by atoms with E-state index in [0.29, 0.717) is 18.4 Å². The third kappa shape index (κ3) is 2.41. The Labute approximate surface area is 120 Å². The van der Waals surface area contributed by atoms with E-state index >= 15 is 0 Å². The van der Waals surface area contributed by atoms with E-state index in [-0.39, 0.29) is 11.4 Å². The first kappa shape index (κ1) is 13.7. The number of carbonyl (C=O) groups is 1. The standard InChI is InChI=1S/C15H14F2N2O2/c16-9-6-7-13(11(17)8-9)19-12-5-3-1-2-4-10(12)14(18-19)15(20)21/h6-8H,1-5H2,(H,20,21). The Morgan fingerprint density at radius 2 is 1.95 bits per heavy atom. The molecule has 0 saturated carbocycles. The summed E-state index contributed by atoms with van der Waals surface area (Å²) >= 11 is 0. The number of nitrogens with zero attached hydrogens (tertiary/aromatic N) is 2. The van der Waals surface area contributed by atoms with Gasteiger partial charge < -0.3 is 5.11 Å². The number of carboxylic acids is 1. The monoisotopic (exact) mass is 292 g/mol. The molecule has 1 aromatic carbocycles. The van der Waals surface area contributed by atoms with Crippen LogP contribution in [0.25, 0.3) is 5.69 Å². The van der Waals surface area contributed by atoms with Crippen LogP contribution in [0.15, 0.2) is 18.2 Å². The first-order valence-electron chi connectivity index (χ1n) is 6.87. The molecule has 0 radical (unpaired) electrons. The maximum absolute atomic E-state index is 14.0. The van der Waals surface area contributed by atoms with Crippen molar-refractivity contribution in [2.24, 2.45) is 0 Å². The van der Waals surface area contributed by atoms with E-state index in [4.69, 9.17) is 0 Å². The Hall–Kier alpha value is -2.24. The van der Waals surface area contributed by atoms with Crippen LogP contribution in [0, 0.1) is 11.6 Å². The smallest absolute Gasteiger partial charge is 0.356 e. The van der Waals surface area contributed by atoms with E-state index in [9.17, 15) is 18.7 Å². The second kappa shape index (κ2) is 5.27. The van der Waals surface area contributed by atoms with Crippen LogP contribution in [-0.2, 0) is 12.8 Å². The van der Waals surface area contributed by atoms with Crippen molar-refractivity contribution in [2.75, 3.05) is 0 Å². The lowest BCUT2D eigenvalue weighted by Crippen LogP contribution is -2.06. The van der Waals surface area contributed by atoms with Crippen molar-refractivity contribution in [1.82, 2.24) is 9.78 Å². The third-order valence-electron chi connectivity index (χ3n) is 3.77. The second-order valence-electron chi connectivity index (χ2n) is 5.15. The number of fused-ring (bicyclic) bond motifs is 1. The average Bonchev–Trinajstić information content (AvgIpc) is 2.63. The SMILES string of the molecule is O=C(O)c1nn(-c2ccc(F)cc2F)c2c1CCCCC2. The van der Waals surface area contributed by atoms with Gasteiger partial charge in [-0.1, -0.05) is 6.42 Å². The van der Waals surface area contributed by atoms with E-state index in [1.807, 2.05) is 0 Å². The van der Waals surface area contributed by atoms with Gasteiger partial charge in [0.15, 0.2) is 11.5 Å². The van der Waals surface area contributed by atoms with E-state index in [2.05, 4.69) is 5.10 Å². The van der Waals surface area contributed by atoms with Crippen LogP contribution in [0.5, 0.6) is 0 Å². The number of hydrogen-bond acceptors (Lipinski definition) is 2. The molecule has 0 aliphatic heterocycles. The molecule has 110 valence electrons. The van der Waals surface area contributed by atoms with Gasteiger partial charge in [-0.15, -0.1) is 0 Å². The fraction of sp³-hybridized carbons (Fsp3) is 0.333. The summed E-state index contributed by atoms with van der Waals surface area (Å²) in [6.07, 6.45) is 4.07. The molecule has 1 heterocycles. The number of carboxylic acid groups (broad SMARTS) is 1. The highest BCUT2D eigenvalue weighted by molar-refractivity contribution is 5.87. The van der Waals surface area contributed by atoms with Crippen LogP contribution in [-0.4, -0.2) is 20.9 Å². The zero-order valence-corrected chi connectivity index (χ0v) is 11.3. The molecule has 1 N–H and O–H groups in total. The molecule has 0 amide bonds. The minimum absolute atomic E-state index is 0.0318. The van der Waals surface area contributed by atoms with Crippen molar-refractivity contribution in [3.8, 4) is 5.69 Å². The van der Waals surface area contributed by atoms with E-state index in [1.54, 1.807) is 0 Å². The molecule has 4 nitrogen and oxygen atoms in total.